The van der Waals surface area contributed by atoms with Crippen LogP contribution in [0.25, 0.3) is 0 Å². The summed E-state index contributed by atoms with van der Waals surface area (Å²) in [5, 5.41) is 5.01. The average molecular weight is 336 g/mol. The van der Waals surface area contributed by atoms with Crippen LogP contribution in [0.5, 0.6) is 0 Å². The zero-order valence-electron chi connectivity index (χ0n) is 13.5. The molecule has 0 aliphatic carbocycles. The van der Waals surface area contributed by atoms with E-state index in [1.54, 1.807) is 12.2 Å². The Labute approximate surface area is 141 Å². The lowest BCUT2D eigenvalue weighted by Gasteiger charge is -2.01. The molecule has 0 heterocycles. The molecule has 0 aliphatic heterocycles. The van der Waals surface area contributed by atoms with Crippen molar-refractivity contribution in [1.82, 2.24) is 10.6 Å². The number of carbonyl (C=O) groups excluding carboxylic acids is 4. The summed E-state index contributed by atoms with van der Waals surface area (Å²) in [5.41, 5.74) is 9.68. The van der Waals surface area contributed by atoms with E-state index in [1.165, 1.54) is 24.3 Å². The van der Waals surface area contributed by atoms with Crippen molar-refractivity contribution in [2.45, 2.75) is 12.8 Å². The molecule has 0 radical (unpaired) electrons. The summed E-state index contributed by atoms with van der Waals surface area (Å²) >= 11 is 0. The molecule has 0 saturated carbocycles. The van der Waals surface area contributed by atoms with Crippen molar-refractivity contribution in [3.63, 3.8) is 0 Å². The van der Waals surface area contributed by atoms with Gasteiger partial charge in [0.05, 0.1) is 0 Å². The highest BCUT2D eigenvalue weighted by Crippen LogP contribution is 1.91. The average Bonchev–Trinajstić information content (AvgIpc) is 2.54. The van der Waals surface area contributed by atoms with Crippen molar-refractivity contribution >= 4 is 23.6 Å². The number of rotatable bonds is 10. The van der Waals surface area contributed by atoms with E-state index >= 15 is 0 Å². The SMILES string of the molecule is C=CC(=O)NCCNC(=O)C=C.NC(=O)C=CCCC=CC(N)=O. The molecule has 0 aromatic heterocycles. The molecule has 8 heteroatoms. The number of nitrogens with one attached hydrogen (secondary N) is 2. The van der Waals surface area contributed by atoms with E-state index in [1.807, 2.05) is 0 Å². The Balaban J connectivity index is 0. The predicted octanol–water partition coefficient (Wildman–Crippen LogP) is -0.560. The molecule has 0 rings (SSSR count). The van der Waals surface area contributed by atoms with Gasteiger partial charge in [-0.1, -0.05) is 25.3 Å². The molecule has 24 heavy (non-hydrogen) atoms. The Morgan fingerprint density at radius 1 is 0.750 bits per heavy atom. The lowest BCUT2D eigenvalue weighted by Crippen LogP contribution is -2.32. The minimum atomic E-state index is -0.464. The largest absolute Gasteiger partial charge is 0.366 e. The molecular formula is C16H24N4O4. The topological polar surface area (TPSA) is 144 Å². The molecule has 8 nitrogen and oxygen atoms in total. The van der Waals surface area contributed by atoms with Crippen molar-refractivity contribution in [2.75, 3.05) is 13.1 Å². The quantitative estimate of drug-likeness (QED) is 0.313. The number of hydrogen-bond donors (Lipinski definition) is 4. The van der Waals surface area contributed by atoms with Crippen molar-refractivity contribution in [1.29, 1.82) is 0 Å². The Bertz CT molecular complexity index is 464. The number of hydrogen-bond acceptors (Lipinski definition) is 4. The van der Waals surface area contributed by atoms with Crippen LogP contribution in [-0.4, -0.2) is 36.7 Å². The van der Waals surface area contributed by atoms with Gasteiger partial charge in [-0.05, 0) is 37.1 Å². The molecule has 132 valence electrons. The van der Waals surface area contributed by atoms with Crippen LogP contribution in [0.1, 0.15) is 12.8 Å². The maximum atomic E-state index is 10.6. The van der Waals surface area contributed by atoms with Gasteiger partial charge in [-0.3, -0.25) is 19.2 Å². The smallest absolute Gasteiger partial charge is 0.243 e. The summed E-state index contributed by atoms with van der Waals surface area (Å²) in [6.45, 7) is 7.34. The Hall–Kier alpha value is -3.16. The van der Waals surface area contributed by atoms with Crippen molar-refractivity contribution in [3.8, 4) is 0 Å². The van der Waals surface area contributed by atoms with Gasteiger partial charge in [0.15, 0.2) is 0 Å². The Morgan fingerprint density at radius 2 is 1.08 bits per heavy atom. The lowest BCUT2D eigenvalue weighted by molar-refractivity contribution is -0.118. The van der Waals surface area contributed by atoms with E-state index in [2.05, 4.69) is 23.8 Å². The predicted molar refractivity (Wildman–Crippen MR) is 92.3 cm³/mol. The number of primary amides is 2. The minimum absolute atomic E-state index is 0.247. The van der Waals surface area contributed by atoms with Crippen LogP contribution in [-0.2, 0) is 19.2 Å². The van der Waals surface area contributed by atoms with Crippen molar-refractivity contribution in [3.05, 3.63) is 49.6 Å². The molecule has 0 spiro atoms. The van der Waals surface area contributed by atoms with E-state index in [0.29, 0.717) is 25.9 Å². The molecule has 0 unspecified atom stereocenters. The number of nitrogens with two attached hydrogens (primary N) is 2. The first-order valence-electron chi connectivity index (χ1n) is 7.06. The van der Waals surface area contributed by atoms with E-state index in [-0.39, 0.29) is 11.8 Å². The van der Waals surface area contributed by atoms with Gasteiger partial charge < -0.3 is 22.1 Å². The molecular weight excluding hydrogens is 312 g/mol. The molecule has 4 amide bonds. The van der Waals surface area contributed by atoms with Crippen molar-refractivity contribution in [2.24, 2.45) is 11.5 Å². The second-order valence-electron chi connectivity index (χ2n) is 4.18. The van der Waals surface area contributed by atoms with Gasteiger partial charge >= 0.3 is 0 Å². The number of unbranched alkanes of at least 4 members (excludes halogenated alkanes) is 1. The van der Waals surface area contributed by atoms with Crippen molar-refractivity contribution < 1.29 is 19.2 Å². The van der Waals surface area contributed by atoms with Crippen LogP contribution < -0.4 is 22.1 Å². The van der Waals surface area contributed by atoms with Crippen LogP contribution in [0, 0.1) is 0 Å². The van der Waals surface area contributed by atoms with Crippen LogP contribution >= 0.6 is 0 Å². The fourth-order valence-electron chi connectivity index (χ4n) is 1.11. The third-order valence-corrected chi connectivity index (χ3v) is 2.16. The molecule has 0 aromatic carbocycles. The number of carbonyl (C=O) groups is 4. The molecule has 0 atom stereocenters. The second-order valence-corrected chi connectivity index (χ2v) is 4.18. The summed E-state index contributed by atoms with van der Waals surface area (Å²) in [6.07, 6.45) is 9.57. The van der Waals surface area contributed by atoms with E-state index in [4.69, 9.17) is 11.5 Å². The van der Waals surface area contributed by atoms with Crippen LogP contribution in [0.2, 0.25) is 0 Å². The summed E-state index contributed by atoms with van der Waals surface area (Å²) in [7, 11) is 0. The third kappa shape index (κ3) is 21.1. The molecule has 0 aliphatic rings. The maximum Gasteiger partial charge on any atom is 0.243 e. The molecule has 0 fully saturated rings. The summed E-state index contributed by atoms with van der Waals surface area (Å²) in [6, 6.07) is 0. The van der Waals surface area contributed by atoms with Crippen LogP contribution in [0.15, 0.2) is 49.6 Å². The van der Waals surface area contributed by atoms with Gasteiger partial charge in [-0.25, -0.2) is 0 Å². The van der Waals surface area contributed by atoms with Crippen LogP contribution in [0.3, 0.4) is 0 Å². The molecule has 0 saturated heterocycles. The fraction of sp³-hybridized carbons (Fsp3) is 0.250. The van der Waals surface area contributed by atoms with Gasteiger partial charge in [0.25, 0.3) is 0 Å². The first kappa shape index (κ1) is 23.1. The zero-order chi connectivity index (χ0) is 18.8. The van der Waals surface area contributed by atoms with Gasteiger partial charge in [0, 0.05) is 13.1 Å². The molecule has 6 N–H and O–H groups in total. The van der Waals surface area contributed by atoms with E-state index in [9.17, 15) is 19.2 Å². The summed E-state index contributed by atoms with van der Waals surface area (Å²) < 4.78 is 0. The second kappa shape index (κ2) is 16.2. The van der Waals surface area contributed by atoms with E-state index < -0.39 is 11.8 Å². The fourth-order valence-corrected chi connectivity index (χ4v) is 1.11. The third-order valence-electron chi connectivity index (χ3n) is 2.16. The standard InChI is InChI=1S/2C8H12N2O2/c1-3-7(11)9-5-6-10-8(12)4-2;9-7(11)5-3-1-2-4-6-8(10)12/h3-4H,1-2,5-6H2,(H,9,11)(H,10,12);3-6H,1-2H2,(H2,9,11)(H2,10,12). The summed E-state index contributed by atoms with van der Waals surface area (Å²) in [5.74, 6) is -1.42. The highest BCUT2D eigenvalue weighted by Gasteiger charge is 1.94. The lowest BCUT2D eigenvalue weighted by atomic mass is 10.2. The van der Waals surface area contributed by atoms with Crippen LogP contribution in [0.4, 0.5) is 0 Å². The highest BCUT2D eigenvalue weighted by molar-refractivity contribution is 5.88. The normalized spacial score (nSPS) is 9.67. The van der Waals surface area contributed by atoms with Gasteiger partial charge in [0.1, 0.15) is 0 Å². The summed E-state index contributed by atoms with van der Waals surface area (Å²) in [4.78, 5) is 41.5. The Morgan fingerprint density at radius 3 is 1.33 bits per heavy atom. The molecule has 0 aromatic rings. The Kier molecular flexibility index (Phi) is 15.6. The number of amides is 4. The zero-order valence-corrected chi connectivity index (χ0v) is 13.5. The number of allylic oxidation sites excluding steroid dienone is 2. The maximum absolute atomic E-state index is 10.6. The first-order valence-corrected chi connectivity index (χ1v) is 7.06. The van der Waals surface area contributed by atoms with Gasteiger partial charge in [-0.2, -0.15) is 0 Å². The minimum Gasteiger partial charge on any atom is -0.366 e. The van der Waals surface area contributed by atoms with Gasteiger partial charge in [0.2, 0.25) is 23.6 Å². The molecule has 0 bridgehead atoms. The monoisotopic (exact) mass is 336 g/mol. The van der Waals surface area contributed by atoms with Gasteiger partial charge in [-0.15, -0.1) is 0 Å². The van der Waals surface area contributed by atoms with E-state index in [0.717, 1.165) is 0 Å². The highest BCUT2D eigenvalue weighted by atomic mass is 16.2. The first-order chi connectivity index (χ1) is 11.3.